The van der Waals surface area contributed by atoms with E-state index in [-0.39, 0.29) is 17.8 Å². The molecule has 0 spiro atoms. The first-order valence-corrected chi connectivity index (χ1v) is 5.62. The number of ether oxygens (including phenoxy) is 1. The van der Waals surface area contributed by atoms with Crippen LogP contribution in [0.2, 0.25) is 0 Å². The van der Waals surface area contributed by atoms with E-state index < -0.39 is 25.6 Å². The average Bonchev–Trinajstić information content (AvgIpc) is 2.73. The summed E-state index contributed by atoms with van der Waals surface area (Å²) in [7, 11) is 0. The number of nitrogens with zero attached hydrogens (tertiary/aromatic N) is 2. The summed E-state index contributed by atoms with van der Waals surface area (Å²) in [5.41, 5.74) is 0. The van der Waals surface area contributed by atoms with E-state index in [0.29, 0.717) is 18.7 Å². The summed E-state index contributed by atoms with van der Waals surface area (Å²) < 4.78 is 58.0. The molecule has 19 heavy (non-hydrogen) atoms. The Morgan fingerprint density at radius 2 is 2.11 bits per heavy atom. The lowest BCUT2D eigenvalue weighted by molar-refractivity contribution is -0.168. The molecule has 0 radical (unpaired) electrons. The third kappa shape index (κ3) is 3.41. The molecule has 0 saturated heterocycles. The number of rotatable bonds is 6. The first-order valence-electron chi connectivity index (χ1n) is 5.62. The normalized spacial score (nSPS) is 23.7. The Labute approximate surface area is 105 Å². The number of aliphatic hydroxyl groups is 1. The van der Waals surface area contributed by atoms with Crippen molar-refractivity contribution in [1.29, 1.82) is 0 Å². The minimum Gasteiger partial charge on any atom is -0.393 e. The molecule has 0 atom stereocenters. The highest BCUT2D eigenvalue weighted by Gasteiger charge is 2.41. The van der Waals surface area contributed by atoms with Crippen LogP contribution in [0.4, 0.5) is 17.6 Å². The van der Waals surface area contributed by atoms with Gasteiger partial charge in [-0.1, -0.05) is 5.16 Å². The lowest BCUT2D eigenvalue weighted by atomic mass is 9.82. The number of alkyl halides is 4. The monoisotopic (exact) mass is 284 g/mol. The molecule has 108 valence electrons. The second-order valence-corrected chi connectivity index (χ2v) is 4.43. The molecule has 9 heteroatoms. The van der Waals surface area contributed by atoms with E-state index in [0.717, 1.165) is 0 Å². The summed E-state index contributed by atoms with van der Waals surface area (Å²) in [6, 6.07) is 0. The zero-order valence-electron chi connectivity index (χ0n) is 9.73. The maximum Gasteiger partial charge on any atom is 0.330 e. The van der Waals surface area contributed by atoms with Crippen molar-refractivity contribution in [1.82, 2.24) is 10.1 Å². The topological polar surface area (TPSA) is 68.4 Å². The van der Waals surface area contributed by atoms with Crippen LogP contribution in [0.3, 0.4) is 0 Å². The minimum absolute atomic E-state index is 0.0152. The molecule has 1 aromatic rings. The van der Waals surface area contributed by atoms with E-state index in [2.05, 4.69) is 14.9 Å². The van der Waals surface area contributed by atoms with Gasteiger partial charge in [-0.15, -0.1) is 0 Å². The van der Waals surface area contributed by atoms with Crippen molar-refractivity contribution >= 4 is 0 Å². The van der Waals surface area contributed by atoms with Crippen molar-refractivity contribution in [2.45, 2.75) is 43.8 Å². The smallest absolute Gasteiger partial charge is 0.330 e. The number of aromatic nitrogens is 2. The van der Waals surface area contributed by atoms with Gasteiger partial charge in [-0.2, -0.15) is 13.8 Å². The van der Waals surface area contributed by atoms with E-state index in [1.54, 1.807) is 0 Å². The summed E-state index contributed by atoms with van der Waals surface area (Å²) in [5, 5.41) is 12.6. The van der Waals surface area contributed by atoms with Gasteiger partial charge in [-0.25, -0.2) is 8.78 Å². The van der Waals surface area contributed by atoms with Gasteiger partial charge in [-0.05, 0) is 12.8 Å². The third-order valence-corrected chi connectivity index (χ3v) is 2.79. The van der Waals surface area contributed by atoms with Crippen molar-refractivity contribution < 1.29 is 31.9 Å². The van der Waals surface area contributed by atoms with Crippen molar-refractivity contribution in [3.8, 4) is 0 Å². The first kappa shape index (κ1) is 14.2. The largest absolute Gasteiger partial charge is 0.393 e. The van der Waals surface area contributed by atoms with Gasteiger partial charge >= 0.3 is 12.3 Å². The number of hydrogen-bond acceptors (Lipinski definition) is 5. The van der Waals surface area contributed by atoms with Gasteiger partial charge in [0.25, 0.3) is 0 Å². The molecule has 1 heterocycles. The van der Waals surface area contributed by atoms with Crippen molar-refractivity contribution in [2.75, 3.05) is 6.61 Å². The Morgan fingerprint density at radius 1 is 1.42 bits per heavy atom. The van der Waals surface area contributed by atoms with Crippen molar-refractivity contribution in [3.63, 3.8) is 0 Å². The molecule has 0 aromatic carbocycles. The van der Waals surface area contributed by atoms with Crippen molar-refractivity contribution in [2.24, 2.45) is 0 Å². The summed E-state index contributed by atoms with van der Waals surface area (Å²) in [4.78, 5) is 3.88. The zero-order valence-corrected chi connectivity index (χ0v) is 9.73. The Hall–Kier alpha value is -1.22. The molecule has 1 aliphatic carbocycles. The Bertz CT molecular complexity index is 421. The summed E-state index contributed by atoms with van der Waals surface area (Å²) in [6.07, 6.45) is -3.15. The van der Waals surface area contributed by atoms with E-state index in [4.69, 9.17) is 9.63 Å². The van der Waals surface area contributed by atoms with Gasteiger partial charge in [0.1, 0.15) is 13.2 Å². The fourth-order valence-corrected chi connectivity index (χ4v) is 1.62. The second kappa shape index (κ2) is 5.41. The molecule has 0 amide bonds. The predicted molar refractivity (Wildman–Crippen MR) is 52.9 cm³/mol. The summed E-state index contributed by atoms with van der Waals surface area (Å²) in [5.74, 6) is -3.92. The van der Waals surface area contributed by atoms with Gasteiger partial charge in [0.2, 0.25) is 5.89 Å². The maximum absolute atomic E-state index is 12.5. The summed E-state index contributed by atoms with van der Waals surface area (Å²) >= 11 is 0. The fraction of sp³-hybridized carbons (Fsp3) is 0.800. The van der Waals surface area contributed by atoms with E-state index in [1.807, 2.05) is 0 Å². The molecule has 5 nitrogen and oxygen atoms in total. The molecule has 2 rings (SSSR count). The highest BCUT2D eigenvalue weighted by Crippen LogP contribution is 2.35. The van der Waals surface area contributed by atoms with Crippen molar-refractivity contribution in [3.05, 3.63) is 11.7 Å². The lowest BCUT2D eigenvalue weighted by Crippen LogP contribution is -2.32. The van der Waals surface area contributed by atoms with E-state index in [9.17, 15) is 17.6 Å². The SMILES string of the molecule is OC1CC(c2nc(COCC(F)(F)C(F)F)no2)C1. The van der Waals surface area contributed by atoms with Gasteiger partial charge < -0.3 is 14.4 Å². The van der Waals surface area contributed by atoms with Crippen LogP contribution in [0.5, 0.6) is 0 Å². The van der Waals surface area contributed by atoms with Crippen LogP contribution in [0.15, 0.2) is 4.52 Å². The van der Waals surface area contributed by atoms with Crippen LogP contribution in [-0.2, 0) is 11.3 Å². The van der Waals surface area contributed by atoms with Crippen LogP contribution in [0.1, 0.15) is 30.5 Å². The minimum atomic E-state index is -4.19. The maximum atomic E-state index is 12.5. The second-order valence-electron chi connectivity index (χ2n) is 4.43. The highest BCUT2D eigenvalue weighted by atomic mass is 19.3. The molecule has 1 fully saturated rings. The summed E-state index contributed by atoms with van der Waals surface area (Å²) in [6.45, 7) is -1.84. The van der Waals surface area contributed by atoms with Gasteiger partial charge in [0.15, 0.2) is 5.82 Å². The number of halogens is 4. The molecular formula is C10H12F4N2O3. The molecule has 1 aromatic heterocycles. The average molecular weight is 284 g/mol. The van der Waals surface area contributed by atoms with E-state index in [1.165, 1.54) is 0 Å². The number of aliphatic hydroxyl groups excluding tert-OH is 1. The van der Waals surface area contributed by atoms with Crippen LogP contribution < -0.4 is 0 Å². The third-order valence-electron chi connectivity index (χ3n) is 2.79. The molecule has 1 saturated carbocycles. The van der Waals surface area contributed by atoms with Crippen LogP contribution >= 0.6 is 0 Å². The van der Waals surface area contributed by atoms with Crippen LogP contribution in [0.25, 0.3) is 0 Å². The zero-order chi connectivity index (χ0) is 14.0. The van der Waals surface area contributed by atoms with Gasteiger partial charge in [-0.3, -0.25) is 0 Å². The standard InChI is InChI=1S/C10H12F4N2O3/c11-9(12)10(13,14)4-18-3-7-15-8(19-16-7)5-1-6(17)2-5/h5-6,9,17H,1-4H2. The molecule has 0 bridgehead atoms. The van der Waals surface area contributed by atoms with Gasteiger partial charge in [0, 0.05) is 5.92 Å². The van der Waals surface area contributed by atoms with Crippen LogP contribution in [-0.4, -0.2) is 40.3 Å². The first-order chi connectivity index (χ1) is 8.88. The van der Waals surface area contributed by atoms with E-state index >= 15 is 0 Å². The number of hydrogen-bond donors (Lipinski definition) is 1. The lowest BCUT2D eigenvalue weighted by Gasteiger charge is -2.27. The molecule has 0 aliphatic heterocycles. The molecular weight excluding hydrogens is 272 g/mol. The molecule has 0 unspecified atom stereocenters. The Morgan fingerprint density at radius 3 is 2.68 bits per heavy atom. The molecule has 1 aliphatic rings. The predicted octanol–water partition coefficient (Wildman–Crippen LogP) is 1.72. The Kier molecular flexibility index (Phi) is 4.04. The quantitative estimate of drug-likeness (QED) is 0.806. The van der Waals surface area contributed by atoms with Crippen LogP contribution in [0, 0.1) is 0 Å². The van der Waals surface area contributed by atoms with Gasteiger partial charge in [0.05, 0.1) is 6.10 Å². The fourth-order valence-electron chi connectivity index (χ4n) is 1.62. The highest BCUT2D eigenvalue weighted by molar-refractivity contribution is 5.01. The molecule has 1 N–H and O–H groups in total. The Balaban J connectivity index is 1.78.